The Bertz CT molecular complexity index is 1120. The molecular weight excluding hydrogens is 649 g/mol. The third-order valence-electron chi connectivity index (χ3n) is 7.58. The van der Waals surface area contributed by atoms with Gasteiger partial charge in [-0.25, -0.2) is 9.18 Å². The minimum atomic E-state index is -1.02. The fraction of sp³-hybridized carbons (Fsp3) is 0.697. The van der Waals surface area contributed by atoms with Gasteiger partial charge in [0.25, 0.3) is 0 Å². The second-order valence-corrected chi connectivity index (χ2v) is 12.4. The summed E-state index contributed by atoms with van der Waals surface area (Å²) in [5.41, 5.74) is 5.34. The molecule has 1 saturated heterocycles. The number of carbonyl (C=O) groups excluding carboxylic acids is 4. The molecule has 4 atom stereocenters. The van der Waals surface area contributed by atoms with Crippen molar-refractivity contribution in [3.63, 3.8) is 0 Å². The number of benzene rings is 1. The summed E-state index contributed by atoms with van der Waals surface area (Å²) < 4.78 is 34.8. The Morgan fingerprint density at radius 2 is 1.58 bits per heavy atom. The Morgan fingerprint density at radius 3 is 2.17 bits per heavy atom. The average molecular weight is 704 g/mol. The van der Waals surface area contributed by atoms with E-state index in [1.807, 2.05) is 20.8 Å². The highest BCUT2D eigenvalue weighted by molar-refractivity contribution is 5.95. The first-order valence-corrected chi connectivity index (χ1v) is 16.4. The average Bonchev–Trinajstić information content (AvgIpc) is 3.52. The first-order chi connectivity index (χ1) is 22.4. The number of nitrogens with zero attached hydrogens (tertiary/aromatic N) is 1. The molecule has 0 radical (unpaired) electrons. The maximum Gasteiger partial charge on any atom is 0.328 e. The van der Waals surface area contributed by atoms with Gasteiger partial charge in [-0.15, -0.1) is 12.4 Å². The van der Waals surface area contributed by atoms with Gasteiger partial charge >= 0.3 is 5.97 Å². The van der Waals surface area contributed by atoms with Crippen molar-refractivity contribution in [3.8, 4) is 0 Å². The van der Waals surface area contributed by atoms with Crippen LogP contribution in [0.4, 0.5) is 4.39 Å². The zero-order chi connectivity index (χ0) is 34.8. The Morgan fingerprint density at radius 1 is 0.979 bits per heavy atom. The molecule has 1 aromatic rings. The molecule has 1 heterocycles. The molecule has 48 heavy (non-hydrogen) atoms. The maximum absolute atomic E-state index is 13.9. The lowest BCUT2D eigenvalue weighted by atomic mass is 9.85. The van der Waals surface area contributed by atoms with Crippen molar-refractivity contribution in [2.45, 2.75) is 78.0 Å². The van der Waals surface area contributed by atoms with E-state index in [1.165, 1.54) is 29.2 Å². The van der Waals surface area contributed by atoms with E-state index in [1.54, 1.807) is 13.8 Å². The highest BCUT2D eigenvalue weighted by Crippen LogP contribution is 2.26. The van der Waals surface area contributed by atoms with Crippen molar-refractivity contribution in [1.82, 2.24) is 20.9 Å². The Balaban J connectivity index is 0.0000115. The lowest BCUT2D eigenvalue weighted by Gasteiger charge is -2.36. The predicted molar refractivity (Wildman–Crippen MR) is 181 cm³/mol. The quantitative estimate of drug-likeness (QED) is 0.108. The van der Waals surface area contributed by atoms with E-state index in [0.29, 0.717) is 77.7 Å². The molecule has 5 N–H and O–H groups in total. The molecule has 0 spiro atoms. The summed E-state index contributed by atoms with van der Waals surface area (Å²) in [5.74, 6) is -2.26. The number of nitrogens with two attached hydrogens (primary N) is 1. The second-order valence-electron chi connectivity index (χ2n) is 12.4. The first kappa shape index (κ1) is 43.1. The van der Waals surface area contributed by atoms with Crippen LogP contribution in [0, 0.1) is 11.2 Å². The van der Waals surface area contributed by atoms with Crippen LogP contribution < -0.4 is 21.7 Å². The fourth-order valence-corrected chi connectivity index (χ4v) is 5.01. The molecule has 0 aromatic heterocycles. The van der Waals surface area contributed by atoms with Crippen LogP contribution in [0.5, 0.6) is 0 Å². The van der Waals surface area contributed by atoms with Gasteiger partial charge in [0.2, 0.25) is 17.7 Å². The molecule has 1 fully saturated rings. The number of likely N-dealkylation sites (tertiary alicyclic amines) is 1. The normalized spacial score (nSPS) is 16.4. The minimum Gasteiger partial charge on any atom is -0.464 e. The van der Waals surface area contributed by atoms with Crippen LogP contribution >= 0.6 is 12.4 Å². The zero-order valence-electron chi connectivity index (χ0n) is 28.9. The molecule has 13 nitrogen and oxygen atoms in total. The van der Waals surface area contributed by atoms with Gasteiger partial charge in [-0.3, -0.25) is 14.4 Å². The second kappa shape index (κ2) is 22.7. The Hall–Kier alpha value is -2.88. The van der Waals surface area contributed by atoms with Crippen LogP contribution in [-0.2, 0) is 44.5 Å². The van der Waals surface area contributed by atoms with E-state index in [4.69, 9.17) is 24.7 Å². The lowest BCUT2D eigenvalue weighted by Crippen LogP contribution is -2.60. The van der Waals surface area contributed by atoms with E-state index in [-0.39, 0.29) is 37.2 Å². The van der Waals surface area contributed by atoms with Crippen LogP contribution in [0.1, 0.15) is 53.0 Å². The molecule has 3 amide bonds. The number of halogens is 2. The minimum absolute atomic E-state index is 0. The van der Waals surface area contributed by atoms with Gasteiger partial charge in [0.15, 0.2) is 0 Å². The highest BCUT2D eigenvalue weighted by atomic mass is 35.5. The predicted octanol–water partition coefficient (Wildman–Crippen LogP) is 1.35. The summed E-state index contributed by atoms with van der Waals surface area (Å²) in [6.07, 6.45) is 1.09. The Kier molecular flexibility index (Phi) is 20.4. The number of nitrogens with one attached hydrogen (secondary N) is 3. The van der Waals surface area contributed by atoms with Crippen LogP contribution in [-0.4, -0.2) is 119 Å². The lowest BCUT2D eigenvalue weighted by molar-refractivity contribution is -0.149. The van der Waals surface area contributed by atoms with Crippen LogP contribution in [0.2, 0.25) is 0 Å². The molecule has 274 valence electrons. The number of carbonyl (C=O) groups is 4. The van der Waals surface area contributed by atoms with Gasteiger partial charge in [0.1, 0.15) is 23.9 Å². The van der Waals surface area contributed by atoms with Crippen molar-refractivity contribution in [1.29, 1.82) is 0 Å². The van der Waals surface area contributed by atoms with Gasteiger partial charge in [0, 0.05) is 26.1 Å². The van der Waals surface area contributed by atoms with Crippen LogP contribution in [0.15, 0.2) is 24.3 Å². The molecule has 1 aliphatic heterocycles. The van der Waals surface area contributed by atoms with Crippen molar-refractivity contribution in [2.24, 2.45) is 11.1 Å². The van der Waals surface area contributed by atoms with Crippen molar-refractivity contribution in [2.75, 3.05) is 65.9 Å². The van der Waals surface area contributed by atoms with E-state index in [0.717, 1.165) is 0 Å². The number of amides is 3. The number of esters is 1. The highest BCUT2D eigenvalue weighted by Gasteiger charge is 2.43. The standard InChI is InChI=1S/C33H54FN5O8.ClH/c1-6-47-32(43)26(22-24-9-11-25(34)12-10-24)37-30(41)27-8-7-15-39(27)31(42)28(33(3,4)5)38-29(40)23(2)36-14-17-45-19-21-46-20-18-44-16-13-35;/h9-12,23,26-28,36H,6-8,13-22,35H2,1-5H3,(H,37,41)(H,38,40);1H/t23-,26-,27-,28+;/m0./s1. The molecule has 1 aromatic carbocycles. The van der Waals surface area contributed by atoms with Gasteiger partial charge in [-0.05, 0) is 49.8 Å². The Labute approximate surface area is 289 Å². The summed E-state index contributed by atoms with van der Waals surface area (Å²) in [6, 6.07) is 2.27. The summed E-state index contributed by atoms with van der Waals surface area (Å²) in [7, 11) is 0. The van der Waals surface area contributed by atoms with Gasteiger partial charge in [0.05, 0.1) is 52.3 Å². The third kappa shape index (κ3) is 15.1. The smallest absolute Gasteiger partial charge is 0.328 e. The largest absolute Gasteiger partial charge is 0.464 e. The first-order valence-electron chi connectivity index (χ1n) is 16.4. The number of hydrogen-bond donors (Lipinski definition) is 4. The van der Waals surface area contributed by atoms with Gasteiger partial charge in [-0.2, -0.15) is 0 Å². The molecule has 0 unspecified atom stereocenters. The van der Waals surface area contributed by atoms with Crippen molar-refractivity contribution in [3.05, 3.63) is 35.6 Å². The number of ether oxygens (including phenoxy) is 4. The molecule has 0 saturated carbocycles. The molecule has 1 aliphatic rings. The van der Waals surface area contributed by atoms with Crippen LogP contribution in [0.3, 0.4) is 0 Å². The summed E-state index contributed by atoms with van der Waals surface area (Å²) in [4.78, 5) is 54.8. The van der Waals surface area contributed by atoms with E-state index >= 15 is 0 Å². The molecule has 2 rings (SSSR count). The summed E-state index contributed by atoms with van der Waals surface area (Å²) in [6.45, 7) is 12.9. The molecular formula is C33H55ClFN5O8. The fourth-order valence-electron chi connectivity index (χ4n) is 5.01. The molecule has 0 bridgehead atoms. The number of rotatable bonds is 21. The monoisotopic (exact) mass is 703 g/mol. The summed E-state index contributed by atoms with van der Waals surface area (Å²) >= 11 is 0. The topological polar surface area (TPSA) is 171 Å². The summed E-state index contributed by atoms with van der Waals surface area (Å²) in [5, 5.41) is 8.74. The van der Waals surface area contributed by atoms with E-state index < -0.39 is 47.3 Å². The van der Waals surface area contributed by atoms with E-state index in [9.17, 15) is 23.6 Å². The van der Waals surface area contributed by atoms with Crippen molar-refractivity contribution >= 4 is 36.1 Å². The molecule has 0 aliphatic carbocycles. The van der Waals surface area contributed by atoms with Crippen molar-refractivity contribution < 1.29 is 42.5 Å². The maximum atomic E-state index is 13.9. The zero-order valence-corrected chi connectivity index (χ0v) is 29.7. The van der Waals surface area contributed by atoms with Crippen LogP contribution in [0.25, 0.3) is 0 Å². The SMILES string of the molecule is CCOC(=O)[C@H](Cc1ccc(F)cc1)NC(=O)[C@@H]1CCCN1C(=O)[C@@H](NC(=O)[C@H](C)NCCOCCOCCOCCN)C(C)(C)C.Cl. The molecule has 15 heteroatoms. The van der Waals surface area contributed by atoms with Gasteiger partial charge in [-0.1, -0.05) is 32.9 Å². The van der Waals surface area contributed by atoms with Gasteiger partial charge < -0.3 is 45.5 Å². The van der Waals surface area contributed by atoms with E-state index in [2.05, 4.69) is 16.0 Å². The third-order valence-corrected chi connectivity index (χ3v) is 7.58. The number of hydrogen-bond acceptors (Lipinski definition) is 10.